The average Bonchev–Trinajstić information content (AvgIpc) is 2.76. The summed E-state index contributed by atoms with van der Waals surface area (Å²) in [6, 6.07) is 15.2. The number of piperazine rings is 1. The highest BCUT2D eigenvalue weighted by Gasteiger charge is 2.24. The number of benzene rings is 2. The summed E-state index contributed by atoms with van der Waals surface area (Å²) < 4.78 is 10.7. The molecular weight excluding hydrogens is 380 g/mol. The van der Waals surface area contributed by atoms with E-state index in [9.17, 15) is 9.59 Å². The molecule has 160 valence electrons. The highest BCUT2D eigenvalue weighted by molar-refractivity contribution is 5.91. The van der Waals surface area contributed by atoms with Gasteiger partial charge in [-0.3, -0.25) is 4.79 Å². The zero-order chi connectivity index (χ0) is 21.7. The van der Waals surface area contributed by atoms with Crippen LogP contribution in [0.25, 0.3) is 0 Å². The van der Waals surface area contributed by atoms with Crippen LogP contribution in [0, 0.1) is 0 Å². The van der Waals surface area contributed by atoms with Crippen molar-refractivity contribution in [3.63, 3.8) is 0 Å². The molecule has 0 saturated carbocycles. The van der Waals surface area contributed by atoms with Gasteiger partial charge in [-0.25, -0.2) is 4.79 Å². The van der Waals surface area contributed by atoms with Gasteiger partial charge in [0.2, 0.25) is 0 Å². The molecule has 0 radical (unpaired) electrons. The molecule has 1 aliphatic heterocycles. The number of rotatable bonds is 5. The van der Waals surface area contributed by atoms with Gasteiger partial charge in [0.05, 0.1) is 18.4 Å². The molecule has 6 heteroatoms. The van der Waals surface area contributed by atoms with Crippen LogP contribution in [0.5, 0.6) is 5.75 Å². The van der Waals surface area contributed by atoms with Gasteiger partial charge in [-0.15, -0.1) is 0 Å². The van der Waals surface area contributed by atoms with E-state index in [1.165, 1.54) is 0 Å². The maximum Gasteiger partial charge on any atom is 0.338 e. The van der Waals surface area contributed by atoms with Crippen LogP contribution in [0.3, 0.4) is 0 Å². The Bertz CT molecular complexity index is 879. The summed E-state index contributed by atoms with van der Waals surface area (Å²) in [5, 5.41) is 0. The number of carbonyl (C=O) groups excluding carboxylic acids is 2. The van der Waals surface area contributed by atoms with Crippen molar-refractivity contribution in [1.82, 2.24) is 4.90 Å². The van der Waals surface area contributed by atoms with Crippen LogP contribution in [0.2, 0.25) is 0 Å². The number of hydrogen-bond acceptors (Lipinski definition) is 5. The molecule has 0 aromatic heterocycles. The molecular formula is C24H30N2O4. The van der Waals surface area contributed by atoms with E-state index in [4.69, 9.17) is 9.47 Å². The summed E-state index contributed by atoms with van der Waals surface area (Å²) in [4.78, 5) is 28.7. The molecule has 0 N–H and O–H groups in total. The van der Waals surface area contributed by atoms with Gasteiger partial charge in [-0.05, 0) is 35.2 Å². The Morgan fingerprint density at radius 2 is 1.57 bits per heavy atom. The number of carbonyl (C=O) groups is 2. The standard InChI is InChI=1S/C24H30N2O4/c1-24(2,3)19-11-9-18(10-12-19)23(28)30-17-22(27)26-15-13-25(14-16-26)20-7-5-6-8-21(20)29-4/h5-12H,13-17H2,1-4H3. The molecule has 0 atom stereocenters. The van der Waals surface area contributed by atoms with E-state index in [0.717, 1.165) is 17.0 Å². The number of methoxy groups -OCH3 is 1. The molecule has 0 bridgehead atoms. The molecule has 6 nitrogen and oxygen atoms in total. The van der Waals surface area contributed by atoms with Gasteiger partial charge in [0.1, 0.15) is 5.75 Å². The monoisotopic (exact) mass is 410 g/mol. The van der Waals surface area contributed by atoms with Crippen molar-refractivity contribution in [2.24, 2.45) is 0 Å². The Labute approximate surface area is 178 Å². The number of anilines is 1. The minimum absolute atomic E-state index is 0.0182. The first-order valence-corrected chi connectivity index (χ1v) is 10.2. The van der Waals surface area contributed by atoms with E-state index >= 15 is 0 Å². The average molecular weight is 411 g/mol. The van der Waals surface area contributed by atoms with E-state index in [1.807, 2.05) is 36.4 Å². The fourth-order valence-corrected chi connectivity index (χ4v) is 3.50. The zero-order valence-electron chi connectivity index (χ0n) is 18.2. The van der Waals surface area contributed by atoms with Crippen LogP contribution in [0.4, 0.5) is 5.69 Å². The quantitative estimate of drug-likeness (QED) is 0.706. The molecule has 1 aliphatic rings. The van der Waals surface area contributed by atoms with Crippen molar-refractivity contribution in [3.05, 3.63) is 59.7 Å². The Hall–Kier alpha value is -3.02. The lowest BCUT2D eigenvalue weighted by atomic mass is 9.87. The maximum atomic E-state index is 12.5. The van der Waals surface area contributed by atoms with Crippen molar-refractivity contribution in [1.29, 1.82) is 0 Å². The van der Waals surface area contributed by atoms with Gasteiger partial charge >= 0.3 is 5.97 Å². The molecule has 1 amide bonds. The van der Waals surface area contributed by atoms with Gasteiger partial charge in [-0.2, -0.15) is 0 Å². The van der Waals surface area contributed by atoms with Crippen LogP contribution < -0.4 is 9.64 Å². The number of hydrogen-bond donors (Lipinski definition) is 0. The molecule has 0 spiro atoms. The summed E-state index contributed by atoms with van der Waals surface area (Å²) in [5.41, 5.74) is 2.64. The summed E-state index contributed by atoms with van der Waals surface area (Å²) in [5.74, 6) is 0.175. The van der Waals surface area contributed by atoms with Gasteiger partial charge < -0.3 is 19.3 Å². The minimum Gasteiger partial charge on any atom is -0.495 e. The molecule has 1 fully saturated rings. The molecule has 1 saturated heterocycles. The lowest BCUT2D eigenvalue weighted by Gasteiger charge is -2.36. The Morgan fingerprint density at radius 3 is 2.17 bits per heavy atom. The second kappa shape index (κ2) is 9.20. The van der Waals surface area contributed by atoms with E-state index in [0.29, 0.717) is 31.7 Å². The summed E-state index contributed by atoms with van der Waals surface area (Å²) >= 11 is 0. The smallest absolute Gasteiger partial charge is 0.338 e. The van der Waals surface area contributed by atoms with Crippen molar-refractivity contribution in [3.8, 4) is 5.75 Å². The second-order valence-electron chi connectivity index (χ2n) is 8.44. The summed E-state index contributed by atoms with van der Waals surface area (Å²) in [6.45, 7) is 8.67. The van der Waals surface area contributed by atoms with Crippen molar-refractivity contribution in [2.45, 2.75) is 26.2 Å². The van der Waals surface area contributed by atoms with Crippen LogP contribution in [-0.2, 0) is 14.9 Å². The molecule has 30 heavy (non-hydrogen) atoms. The lowest BCUT2D eigenvalue weighted by molar-refractivity contribution is -0.134. The molecule has 0 unspecified atom stereocenters. The van der Waals surface area contributed by atoms with Crippen molar-refractivity contribution < 1.29 is 19.1 Å². The minimum atomic E-state index is -0.475. The number of para-hydroxylation sites is 2. The van der Waals surface area contributed by atoms with Gasteiger partial charge in [-0.1, -0.05) is 45.0 Å². The molecule has 0 aliphatic carbocycles. The first-order chi connectivity index (χ1) is 14.3. The van der Waals surface area contributed by atoms with E-state index < -0.39 is 5.97 Å². The summed E-state index contributed by atoms with van der Waals surface area (Å²) in [6.07, 6.45) is 0. The normalized spacial score (nSPS) is 14.4. The summed E-state index contributed by atoms with van der Waals surface area (Å²) in [7, 11) is 1.66. The molecule has 1 heterocycles. The van der Waals surface area contributed by atoms with Gasteiger partial charge in [0.25, 0.3) is 5.91 Å². The maximum absolute atomic E-state index is 12.5. The predicted octanol–water partition coefficient (Wildman–Crippen LogP) is 3.50. The number of nitrogens with zero attached hydrogens (tertiary/aromatic N) is 2. The van der Waals surface area contributed by atoms with Gasteiger partial charge in [0.15, 0.2) is 6.61 Å². The molecule has 2 aromatic carbocycles. The Balaban J connectivity index is 1.49. The second-order valence-corrected chi connectivity index (χ2v) is 8.44. The van der Waals surface area contributed by atoms with Crippen LogP contribution in [-0.4, -0.2) is 56.7 Å². The highest BCUT2D eigenvalue weighted by atomic mass is 16.5. The Kier molecular flexibility index (Phi) is 6.65. The molecule has 3 rings (SSSR count). The van der Waals surface area contributed by atoms with E-state index in [-0.39, 0.29) is 17.9 Å². The van der Waals surface area contributed by atoms with Gasteiger partial charge in [0, 0.05) is 26.2 Å². The van der Waals surface area contributed by atoms with Crippen molar-refractivity contribution >= 4 is 17.6 Å². The lowest BCUT2D eigenvalue weighted by Crippen LogP contribution is -2.50. The largest absolute Gasteiger partial charge is 0.495 e. The fourth-order valence-electron chi connectivity index (χ4n) is 3.50. The van der Waals surface area contributed by atoms with E-state index in [2.05, 4.69) is 25.7 Å². The van der Waals surface area contributed by atoms with Crippen LogP contribution in [0.1, 0.15) is 36.7 Å². The third-order valence-corrected chi connectivity index (χ3v) is 5.37. The first-order valence-electron chi connectivity index (χ1n) is 10.2. The van der Waals surface area contributed by atoms with Crippen LogP contribution >= 0.6 is 0 Å². The Morgan fingerprint density at radius 1 is 0.933 bits per heavy atom. The van der Waals surface area contributed by atoms with Crippen LogP contribution in [0.15, 0.2) is 48.5 Å². The third kappa shape index (κ3) is 5.12. The predicted molar refractivity (Wildman–Crippen MR) is 117 cm³/mol. The SMILES string of the molecule is COc1ccccc1N1CCN(C(=O)COC(=O)c2ccc(C(C)(C)C)cc2)CC1. The zero-order valence-corrected chi connectivity index (χ0v) is 18.2. The molecule has 2 aromatic rings. The first kappa shape index (κ1) is 21.7. The number of ether oxygens (including phenoxy) is 2. The fraction of sp³-hybridized carbons (Fsp3) is 0.417. The highest BCUT2D eigenvalue weighted by Crippen LogP contribution is 2.28. The number of amides is 1. The number of esters is 1. The van der Waals surface area contributed by atoms with Crippen molar-refractivity contribution in [2.75, 3.05) is 44.8 Å². The third-order valence-electron chi connectivity index (χ3n) is 5.37. The topological polar surface area (TPSA) is 59.1 Å². The van der Waals surface area contributed by atoms with E-state index in [1.54, 1.807) is 24.1 Å².